The van der Waals surface area contributed by atoms with Crippen LogP contribution in [-0.4, -0.2) is 42.6 Å². The minimum absolute atomic E-state index is 0.243. The van der Waals surface area contributed by atoms with Gasteiger partial charge in [0, 0.05) is 6.04 Å². The highest BCUT2D eigenvalue weighted by Gasteiger charge is 2.45. The van der Waals surface area contributed by atoms with E-state index >= 15 is 0 Å². The molecule has 2 atom stereocenters. The third kappa shape index (κ3) is 3.11. The topological polar surface area (TPSA) is 55.6 Å². The highest BCUT2D eigenvalue weighted by molar-refractivity contribution is 5.81. The Bertz CT molecular complexity index is 324. The maximum Gasteiger partial charge on any atom is 0.325 e. The first kappa shape index (κ1) is 14.8. The number of nitrogens with zero attached hydrogens (tertiary/aromatic N) is 1. The maximum absolute atomic E-state index is 11.7. The largest absolute Gasteiger partial charge is 0.468 e. The lowest BCUT2D eigenvalue weighted by Crippen LogP contribution is -2.49. The van der Waals surface area contributed by atoms with Crippen molar-refractivity contribution in [2.24, 2.45) is 17.6 Å². The standard InChI is InChI=1S/C15H28N2O2/c1-11(2)12-5-8-17(9-6-12)13-4-7-15(16,10-13)14(18)19-3/h11-13H,4-10,16H2,1-3H3. The van der Waals surface area contributed by atoms with Crippen LogP contribution >= 0.6 is 0 Å². The van der Waals surface area contributed by atoms with Crippen LogP contribution in [-0.2, 0) is 9.53 Å². The number of likely N-dealkylation sites (tertiary alicyclic amines) is 1. The van der Waals surface area contributed by atoms with Crippen molar-refractivity contribution < 1.29 is 9.53 Å². The average Bonchev–Trinajstić information content (AvgIpc) is 2.82. The van der Waals surface area contributed by atoms with E-state index in [1.54, 1.807) is 0 Å². The molecular weight excluding hydrogens is 240 g/mol. The van der Waals surface area contributed by atoms with Crippen LogP contribution < -0.4 is 5.73 Å². The quantitative estimate of drug-likeness (QED) is 0.793. The fourth-order valence-corrected chi connectivity index (χ4v) is 3.70. The molecule has 0 spiro atoms. The molecule has 19 heavy (non-hydrogen) atoms. The van der Waals surface area contributed by atoms with Gasteiger partial charge in [0.15, 0.2) is 0 Å². The van der Waals surface area contributed by atoms with E-state index in [0.29, 0.717) is 6.04 Å². The third-order valence-corrected chi connectivity index (χ3v) is 5.15. The summed E-state index contributed by atoms with van der Waals surface area (Å²) in [7, 11) is 1.43. The van der Waals surface area contributed by atoms with Crippen molar-refractivity contribution in [1.29, 1.82) is 0 Å². The van der Waals surface area contributed by atoms with Gasteiger partial charge in [0.1, 0.15) is 5.54 Å². The summed E-state index contributed by atoms with van der Waals surface area (Å²) in [6.45, 7) is 6.95. The zero-order chi connectivity index (χ0) is 14.0. The maximum atomic E-state index is 11.7. The van der Waals surface area contributed by atoms with E-state index in [9.17, 15) is 4.79 Å². The van der Waals surface area contributed by atoms with Gasteiger partial charge in [-0.15, -0.1) is 0 Å². The Kier molecular flexibility index (Phi) is 4.51. The monoisotopic (exact) mass is 268 g/mol. The van der Waals surface area contributed by atoms with Gasteiger partial charge in [-0.1, -0.05) is 13.8 Å². The molecule has 0 aromatic heterocycles. The van der Waals surface area contributed by atoms with Crippen LogP contribution in [0.2, 0.25) is 0 Å². The minimum atomic E-state index is -0.742. The number of nitrogens with two attached hydrogens (primary N) is 1. The van der Waals surface area contributed by atoms with Crippen molar-refractivity contribution in [3.63, 3.8) is 0 Å². The zero-order valence-electron chi connectivity index (χ0n) is 12.5. The molecule has 1 aliphatic carbocycles. The van der Waals surface area contributed by atoms with E-state index in [4.69, 9.17) is 10.5 Å². The molecule has 2 aliphatic rings. The molecule has 4 nitrogen and oxygen atoms in total. The summed E-state index contributed by atoms with van der Waals surface area (Å²) in [6.07, 6.45) is 5.10. The summed E-state index contributed by atoms with van der Waals surface area (Å²) >= 11 is 0. The van der Waals surface area contributed by atoms with Gasteiger partial charge in [0.25, 0.3) is 0 Å². The van der Waals surface area contributed by atoms with Crippen molar-refractivity contribution in [3.05, 3.63) is 0 Å². The van der Waals surface area contributed by atoms with Crippen molar-refractivity contribution in [2.75, 3.05) is 20.2 Å². The first-order valence-corrected chi connectivity index (χ1v) is 7.57. The second-order valence-electron chi connectivity index (χ2n) is 6.66. The van der Waals surface area contributed by atoms with Gasteiger partial charge in [0.05, 0.1) is 7.11 Å². The van der Waals surface area contributed by atoms with Crippen LogP contribution in [0.1, 0.15) is 46.0 Å². The summed E-state index contributed by atoms with van der Waals surface area (Å²) in [5.74, 6) is 1.40. The molecule has 0 aromatic carbocycles. The van der Waals surface area contributed by atoms with E-state index < -0.39 is 5.54 Å². The third-order valence-electron chi connectivity index (χ3n) is 5.15. The first-order valence-electron chi connectivity index (χ1n) is 7.57. The van der Waals surface area contributed by atoms with Crippen LogP contribution in [0, 0.1) is 11.8 Å². The Morgan fingerprint density at radius 2 is 1.95 bits per heavy atom. The first-order chi connectivity index (χ1) is 8.96. The molecule has 4 heteroatoms. The van der Waals surface area contributed by atoms with Gasteiger partial charge in [-0.3, -0.25) is 4.79 Å². The Morgan fingerprint density at radius 3 is 2.47 bits per heavy atom. The van der Waals surface area contributed by atoms with Crippen molar-refractivity contribution in [3.8, 4) is 0 Å². The number of esters is 1. The Hall–Kier alpha value is -0.610. The molecule has 2 N–H and O–H groups in total. The second kappa shape index (κ2) is 5.80. The number of carbonyl (C=O) groups is 1. The highest BCUT2D eigenvalue weighted by Crippen LogP contribution is 2.35. The van der Waals surface area contributed by atoms with Crippen LogP contribution in [0.3, 0.4) is 0 Å². The molecule has 1 aliphatic heterocycles. The summed E-state index contributed by atoms with van der Waals surface area (Å²) < 4.78 is 4.84. The van der Waals surface area contributed by atoms with E-state index in [2.05, 4.69) is 18.7 Å². The van der Waals surface area contributed by atoms with Gasteiger partial charge < -0.3 is 15.4 Å². The van der Waals surface area contributed by atoms with Gasteiger partial charge in [-0.25, -0.2) is 0 Å². The smallest absolute Gasteiger partial charge is 0.325 e. The number of rotatable bonds is 3. The van der Waals surface area contributed by atoms with Gasteiger partial charge in [-0.05, 0) is 57.0 Å². The number of ether oxygens (including phenoxy) is 1. The molecule has 0 amide bonds. The summed E-state index contributed by atoms with van der Waals surface area (Å²) in [5.41, 5.74) is 5.44. The highest BCUT2D eigenvalue weighted by atomic mass is 16.5. The molecule has 0 aromatic rings. The predicted octanol–water partition coefficient (Wildman–Crippen LogP) is 1.78. The lowest BCUT2D eigenvalue weighted by Gasteiger charge is -2.37. The number of piperidine rings is 1. The molecule has 0 bridgehead atoms. The Labute approximate surface area is 116 Å². The molecule has 1 saturated carbocycles. The molecular formula is C15H28N2O2. The van der Waals surface area contributed by atoms with Gasteiger partial charge in [-0.2, -0.15) is 0 Å². The van der Waals surface area contributed by atoms with Crippen molar-refractivity contribution in [1.82, 2.24) is 4.90 Å². The molecule has 2 rings (SSSR count). The number of methoxy groups -OCH3 is 1. The molecule has 1 heterocycles. The molecule has 2 unspecified atom stereocenters. The fourth-order valence-electron chi connectivity index (χ4n) is 3.70. The van der Waals surface area contributed by atoms with Crippen LogP contribution in [0.5, 0.6) is 0 Å². The minimum Gasteiger partial charge on any atom is -0.468 e. The lowest BCUT2D eigenvalue weighted by atomic mass is 9.86. The molecule has 1 saturated heterocycles. The van der Waals surface area contributed by atoms with Gasteiger partial charge in [0.2, 0.25) is 0 Å². The van der Waals surface area contributed by atoms with E-state index in [1.165, 1.54) is 20.0 Å². The van der Waals surface area contributed by atoms with Crippen LogP contribution in [0.25, 0.3) is 0 Å². The zero-order valence-corrected chi connectivity index (χ0v) is 12.5. The summed E-state index contributed by atoms with van der Waals surface area (Å²) in [5, 5.41) is 0. The van der Waals surface area contributed by atoms with E-state index in [1.807, 2.05) is 0 Å². The lowest BCUT2D eigenvalue weighted by molar-refractivity contribution is -0.147. The SMILES string of the molecule is COC(=O)C1(N)CCC(N2CCC(C(C)C)CC2)C1. The number of carbonyl (C=O) groups excluding carboxylic acids is 1. The Morgan fingerprint density at radius 1 is 1.32 bits per heavy atom. The van der Waals surface area contributed by atoms with Crippen LogP contribution in [0.4, 0.5) is 0 Å². The van der Waals surface area contributed by atoms with Crippen molar-refractivity contribution in [2.45, 2.75) is 57.5 Å². The second-order valence-corrected chi connectivity index (χ2v) is 6.66. The average molecular weight is 268 g/mol. The number of hydrogen-bond acceptors (Lipinski definition) is 4. The fraction of sp³-hybridized carbons (Fsp3) is 0.933. The van der Waals surface area contributed by atoms with E-state index in [0.717, 1.165) is 44.2 Å². The molecule has 110 valence electrons. The summed E-state index contributed by atoms with van der Waals surface area (Å²) in [6, 6.07) is 0.470. The number of hydrogen-bond donors (Lipinski definition) is 1. The van der Waals surface area contributed by atoms with Gasteiger partial charge >= 0.3 is 5.97 Å². The van der Waals surface area contributed by atoms with E-state index in [-0.39, 0.29) is 5.97 Å². The van der Waals surface area contributed by atoms with Crippen molar-refractivity contribution >= 4 is 5.97 Å². The molecule has 0 radical (unpaired) electrons. The summed E-state index contributed by atoms with van der Waals surface area (Å²) in [4.78, 5) is 14.3. The molecule has 2 fully saturated rings. The Balaban J connectivity index is 1.87. The van der Waals surface area contributed by atoms with Crippen LogP contribution in [0.15, 0.2) is 0 Å². The normalized spacial score (nSPS) is 33.8. The predicted molar refractivity (Wildman–Crippen MR) is 75.7 cm³/mol.